The predicted octanol–water partition coefficient (Wildman–Crippen LogP) is 4.44. The van der Waals surface area contributed by atoms with Crippen molar-refractivity contribution in [1.82, 2.24) is 0 Å². The summed E-state index contributed by atoms with van der Waals surface area (Å²) in [5.74, 6) is 0.224. The molecule has 1 saturated carbocycles. The molecule has 1 heterocycles. The minimum Gasteiger partial charge on any atom is -0.346 e. The van der Waals surface area contributed by atoms with Crippen LogP contribution in [0.25, 0.3) is 6.08 Å². The van der Waals surface area contributed by atoms with Gasteiger partial charge in [-0.1, -0.05) is 48.5 Å². The number of allylic oxidation sites excluding steroid dienone is 1. The van der Waals surface area contributed by atoms with Gasteiger partial charge >= 0.3 is 0 Å². The fraction of sp³-hybridized carbons (Fsp3) is 0.318. The third-order valence-electron chi connectivity index (χ3n) is 5.25. The number of hydrogen-bond acceptors (Lipinski definition) is 3. The summed E-state index contributed by atoms with van der Waals surface area (Å²) in [7, 11) is 0. The molecule has 1 saturated heterocycles. The third-order valence-corrected chi connectivity index (χ3v) is 5.25. The number of Topliss-reactive ketones (excluding diaryl/α,β-unsaturated/α-hetero) is 1. The molecular weight excluding hydrogens is 312 g/mol. The Morgan fingerprint density at radius 2 is 1.80 bits per heavy atom. The first-order valence-corrected chi connectivity index (χ1v) is 8.81. The van der Waals surface area contributed by atoms with Crippen molar-refractivity contribution in [2.45, 2.75) is 31.5 Å². The number of carbonyl (C=O) groups excluding carboxylic acids is 1. The maximum atomic E-state index is 13.1. The first-order valence-electron chi connectivity index (χ1n) is 8.81. The molecule has 0 aromatic heterocycles. The largest absolute Gasteiger partial charge is 0.346 e. The number of ether oxygens (including phenoxy) is 2. The van der Waals surface area contributed by atoms with E-state index in [-0.39, 0.29) is 12.1 Å². The summed E-state index contributed by atoms with van der Waals surface area (Å²) >= 11 is 0. The van der Waals surface area contributed by atoms with Crippen LogP contribution in [0.4, 0.5) is 0 Å². The van der Waals surface area contributed by atoms with Crippen molar-refractivity contribution < 1.29 is 14.3 Å². The second-order valence-corrected chi connectivity index (χ2v) is 6.94. The molecule has 2 aliphatic rings. The van der Waals surface area contributed by atoms with Crippen LogP contribution in [0.1, 0.15) is 42.7 Å². The molecule has 4 rings (SSSR count). The summed E-state index contributed by atoms with van der Waals surface area (Å²) in [6.07, 6.45) is 3.37. The van der Waals surface area contributed by atoms with Gasteiger partial charge < -0.3 is 9.47 Å². The Bertz CT molecular complexity index is 803. The molecule has 1 unspecified atom stereocenters. The summed E-state index contributed by atoms with van der Waals surface area (Å²) < 4.78 is 11.2. The number of benzene rings is 2. The van der Waals surface area contributed by atoms with Gasteiger partial charge in [-0.25, -0.2) is 0 Å². The Kier molecular flexibility index (Phi) is 4.28. The lowest BCUT2D eigenvalue weighted by Gasteiger charge is -2.23. The third kappa shape index (κ3) is 3.06. The second-order valence-electron chi connectivity index (χ2n) is 6.94. The average Bonchev–Trinajstić information content (AvgIpc) is 3.28. The van der Waals surface area contributed by atoms with E-state index < -0.39 is 5.41 Å². The SMILES string of the molecule is CC1(c2cccc(C3OCCO3)c2)CC/C(=C\c2ccccc2)C1=O. The van der Waals surface area contributed by atoms with Gasteiger partial charge in [0.15, 0.2) is 12.1 Å². The number of carbonyl (C=O) groups is 1. The molecule has 2 aromatic carbocycles. The molecule has 0 radical (unpaired) electrons. The minimum absolute atomic E-state index is 0.224. The Labute approximate surface area is 148 Å². The first-order chi connectivity index (χ1) is 12.2. The van der Waals surface area contributed by atoms with Gasteiger partial charge in [0, 0.05) is 5.56 Å². The van der Waals surface area contributed by atoms with Gasteiger partial charge in [0.2, 0.25) is 0 Å². The first kappa shape index (κ1) is 16.2. The van der Waals surface area contributed by atoms with Crippen molar-refractivity contribution in [3.63, 3.8) is 0 Å². The van der Waals surface area contributed by atoms with E-state index in [1.165, 1.54) is 0 Å². The van der Waals surface area contributed by atoms with Gasteiger partial charge in [0.1, 0.15) is 0 Å². The van der Waals surface area contributed by atoms with E-state index in [1.807, 2.05) is 54.6 Å². The van der Waals surface area contributed by atoms with E-state index in [2.05, 4.69) is 13.0 Å². The van der Waals surface area contributed by atoms with Crippen molar-refractivity contribution in [2.75, 3.05) is 13.2 Å². The minimum atomic E-state index is -0.477. The summed E-state index contributed by atoms with van der Waals surface area (Å²) in [5, 5.41) is 0. The molecule has 128 valence electrons. The van der Waals surface area contributed by atoms with Crippen LogP contribution in [0.3, 0.4) is 0 Å². The van der Waals surface area contributed by atoms with Crippen LogP contribution in [-0.4, -0.2) is 19.0 Å². The number of rotatable bonds is 3. The average molecular weight is 334 g/mol. The molecule has 3 nitrogen and oxygen atoms in total. The zero-order chi connectivity index (χ0) is 17.3. The van der Waals surface area contributed by atoms with E-state index in [1.54, 1.807) is 0 Å². The molecule has 2 aromatic rings. The standard InChI is InChI=1S/C22H22O3/c1-22(19-9-5-8-18(15-19)21-24-12-13-25-21)11-10-17(20(22)23)14-16-6-3-2-4-7-16/h2-9,14-15,21H,10-13H2,1H3/b17-14+. The van der Waals surface area contributed by atoms with E-state index in [4.69, 9.17) is 9.47 Å². The van der Waals surface area contributed by atoms with E-state index >= 15 is 0 Å². The molecular formula is C22H22O3. The van der Waals surface area contributed by atoms with Crippen LogP contribution in [0, 0.1) is 0 Å². The smallest absolute Gasteiger partial charge is 0.184 e. The van der Waals surface area contributed by atoms with E-state index in [0.29, 0.717) is 13.2 Å². The molecule has 0 amide bonds. The van der Waals surface area contributed by atoms with Crippen LogP contribution in [0.2, 0.25) is 0 Å². The molecule has 1 atom stereocenters. The van der Waals surface area contributed by atoms with Crippen LogP contribution in [-0.2, 0) is 19.7 Å². The maximum absolute atomic E-state index is 13.1. The van der Waals surface area contributed by atoms with Gasteiger partial charge in [-0.3, -0.25) is 4.79 Å². The highest BCUT2D eigenvalue weighted by Gasteiger charge is 2.42. The quantitative estimate of drug-likeness (QED) is 0.779. The Morgan fingerprint density at radius 1 is 1.04 bits per heavy atom. The van der Waals surface area contributed by atoms with Crippen molar-refractivity contribution in [2.24, 2.45) is 0 Å². The van der Waals surface area contributed by atoms with Gasteiger partial charge in [-0.2, -0.15) is 0 Å². The van der Waals surface area contributed by atoms with Crippen molar-refractivity contribution in [1.29, 1.82) is 0 Å². The van der Waals surface area contributed by atoms with Crippen LogP contribution in [0.15, 0.2) is 60.2 Å². The summed E-state index contributed by atoms with van der Waals surface area (Å²) in [4.78, 5) is 13.1. The maximum Gasteiger partial charge on any atom is 0.184 e. The van der Waals surface area contributed by atoms with Gasteiger partial charge in [-0.15, -0.1) is 0 Å². The second kappa shape index (κ2) is 6.58. The fourth-order valence-corrected chi connectivity index (χ4v) is 3.71. The van der Waals surface area contributed by atoms with Gasteiger partial charge in [0.25, 0.3) is 0 Å². The molecule has 25 heavy (non-hydrogen) atoms. The van der Waals surface area contributed by atoms with Crippen LogP contribution in [0.5, 0.6) is 0 Å². The van der Waals surface area contributed by atoms with Gasteiger partial charge in [-0.05, 0) is 48.6 Å². The van der Waals surface area contributed by atoms with Gasteiger partial charge in [0.05, 0.1) is 18.6 Å². The molecule has 1 aliphatic carbocycles. The van der Waals surface area contributed by atoms with Crippen LogP contribution >= 0.6 is 0 Å². The van der Waals surface area contributed by atoms with E-state index in [0.717, 1.165) is 35.1 Å². The van der Waals surface area contributed by atoms with Crippen molar-refractivity contribution in [3.05, 3.63) is 76.9 Å². The zero-order valence-corrected chi connectivity index (χ0v) is 14.4. The lowest BCUT2D eigenvalue weighted by atomic mass is 9.79. The highest BCUT2D eigenvalue weighted by atomic mass is 16.7. The topological polar surface area (TPSA) is 35.5 Å². The highest BCUT2D eigenvalue weighted by Crippen LogP contribution is 2.42. The summed E-state index contributed by atoms with van der Waals surface area (Å²) in [5.41, 5.74) is 3.55. The van der Waals surface area contributed by atoms with Crippen molar-refractivity contribution in [3.8, 4) is 0 Å². The zero-order valence-electron chi connectivity index (χ0n) is 14.4. The normalized spacial score (nSPS) is 25.8. The Hall–Kier alpha value is -2.23. The lowest BCUT2D eigenvalue weighted by Crippen LogP contribution is -2.27. The monoisotopic (exact) mass is 334 g/mol. The lowest BCUT2D eigenvalue weighted by molar-refractivity contribution is -0.118. The summed E-state index contributed by atoms with van der Waals surface area (Å²) in [6, 6.07) is 18.2. The molecule has 1 aliphatic heterocycles. The Morgan fingerprint density at radius 3 is 2.56 bits per heavy atom. The summed E-state index contributed by atoms with van der Waals surface area (Å²) in [6.45, 7) is 3.29. The Balaban J connectivity index is 1.63. The van der Waals surface area contributed by atoms with E-state index in [9.17, 15) is 4.79 Å². The highest BCUT2D eigenvalue weighted by molar-refractivity contribution is 6.08. The molecule has 0 spiro atoms. The molecule has 2 fully saturated rings. The van der Waals surface area contributed by atoms with Crippen molar-refractivity contribution >= 4 is 11.9 Å². The molecule has 3 heteroatoms. The number of hydrogen-bond donors (Lipinski definition) is 0. The predicted molar refractivity (Wildman–Crippen MR) is 97.1 cm³/mol. The molecule has 0 bridgehead atoms. The molecule has 0 N–H and O–H groups in total. The number of ketones is 1. The van der Waals surface area contributed by atoms with Crippen LogP contribution < -0.4 is 0 Å². The fourth-order valence-electron chi connectivity index (χ4n) is 3.71.